The number of benzene rings is 1. The molecule has 1 atom stereocenters. The van der Waals surface area contributed by atoms with Crippen molar-refractivity contribution in [3.05, 3.63) is 45.0 Å². The van der Waals surface area contributed by atoms with Crippen molar-refractivity contribution in [2.75, 3.05) is 11.9 Å². The Balaban J connectivity index is 1.65. The number of hydrogen-bond acceptors (Lipinski definition) is 5. The summed E-state index contributed by atoms with van der Waals surface area (Å²) in [6.07, 6.45) is 3.73. The molecule has 1 unspecified atom stereocenters. The van der Waals surface area contributed by atoms with Crippen LogP contribution in [0.4, 0.5) is 5.82 Å². The third-order valence-corrected chi connectivity index (χ3v) is 4.80. The summed E-state index contributed by atoms with van der Waals surface area (Å²) < 4.78 is 8.86. The first kappa shape index (κ1) is 16.0. The van der Waals surface area contributed by atoms with E-state index in [4.69, 9.17) is 16.3 Å². The van der Waals surface area contributed by atoms with Crippen molar-refractivity contribution in [3.63, 3.8) is 0 Å². The van der Waals surface area contributed by atoms with E-state index in [1.54, 1.807) is 6.33 Å². The van der Waals surface area contributed by atoms with Crippen LogP contribution in [0.1, 0.15) is 24.6 Å². The van der Waals surface area contributed by atoms with Crippen molar-refractivity contribution < 1.29 is 4.74 Å². The Bertz CT molecular complexity index is 878. The molecule has 0 spiro atoms. The number of imidazole rings is 1. The summed E-state index contributed by atoms with van der Waals surface area (Å²) in [6, 6.07) is 8.29. The Morgan fingerprint density at radius 3 is 3.08 bits per heavy atom. The minimum absolute atomic E-state index is 0.0236. The fourth-order valence-electron chi connectivity index (χ4n) is 2.84. The standard InChI is InChI=1S/C16H15ClIN5O/c17-16-21-14(19-8-10-3-1-4-11(18)7-10)13-15(22-16)23(9-20-13)12-5-2-6-24-12/h1,3-4,7,9,12H,2,5-6,8H2,(H,19,21,22). The lowest BCUT2D eigenvalue weighted by atomic mass is 10.2. The molecule has 1 saturated heterocycles. The first-order valence-corrected chi connectivity index (χ1v) is 9.16. The van der Waals surface area contributed by atoms with Crippen molar-refractivity contribution in [2.45, 2.75) is 25.6 Å². The summed E-state index contributed by atoms with van der Waals surface area (Å²) in [4.78, 5) is 13.1. The molecule has 8 heteroatoms. The Morgan fingerprint density at radius 2 is 2.29 bits per heavy atom. The number of aromatic nitrogens is 4. The Hall–Kier alpha value is -1.45. The van der Waals surface area contributed by atoms with Crippen LogP contribution >= 0.6 is 34.2 Å². The molecule has 0 aliphatic carbocycles. The van der Waals surface area contributed by atoms with Crippen LogP contribution in [0, 0.1) is 3.57 Å². The van der Waals surface area contributed by atoms with Gasteiger partial charge in [-0.15, -0.1) is 0 Å². The second-order valence-electron chi connectivity index (χ2n) is 5.62. The van der Waals surface area contributed by atoms with E-state index in [9.17, 15) is 0 Å². The molecule has 124 valence electrons. The molecule has 1 aliphatic rings. The van der Waals surface area contributed by atoms with E-state index >= 15 is 0 Å². The van der Waals surface area contributed by atoms with Crippen LogP contribution in [0.15, 0.2) is 30.6 Å². The highest BCUT2D eigenvalue weighted by Crippen LogP contribution is 2.29. The highest BCUT2D eigenvalue weighted by Gasteiger charge is 2.22. The number of ether oxygens (including phenoxy) is 1. The SMILES string of the molecule is Clc1nc(NCc2cccc(I)c2)c2ncn(C3CCCO3)c2n1. The summed E-state index contributed by atoms with van der Waals surface area (Å²) >= 11 is 8.42. The van der Waals surface area contributed by atoms with E-state index in [0.29, 0.717) is 23.5 Å². The molecule has 3 heterocycles. The number of nitrogens with one attached hydrogen (secondary N) is 1. The van der Waals surface area contributed by atoms with Crippen LogP contribution in [-0.4, -0.2) is 26.1 Å². The average Bonchev–Trinajstić information content (AvgIpc) is 3.21. The zero-order chi connectivity index (χ0) is 16.5. The van der Waals surface area contributed by atoms with E-state index in [2.05, 4.69) is 61.1 Å². The minimum Gasteiger partial charge on any atom is -0.364 e. The molecule has 1 aromatic carbocycles. The highest BCUT2D eigenvalue weighted by molar-refractivity contribution is 14.1. The number of anilines is 1. The topological polar surface area (TPSA) is 64.9 Å². The third kappa shape index (κ3) is 3.20. The third-order valence-electron chi connectivity index (χ3n) is 3.96. The summed E-state index contributed by atoms with van der Waals surface area (Å²) in [5, 5.41) is 3.52. The van der Waals surface area contributed by atoms with Gasteiger partial charge in [-0.25, -0.2) is 4.98 Å². The van der Waals surface area contributed by atoms with Gasteiger partial charge in [0.2, 0.25) is 5.28 Å². The minimum atomic E-state index is -0.0236. The van der Waals surface area contributed by atoms with Gasteiger partial charge in [-0.05, 0) is 64.7 Å². The highest BCUT2D eigenvalue weighted by atomic mass is 127. The van der Waals surface area contributed by atoms with Crippen LogP contribution in [0.3, 0.4) is 0 Å². The molecule has 1 aliphatic heterocycles. The van der Waals surface area contributed by atoms with Crippen LogP contribution < -0.4 is 5.32 Å². The molecular formula is C16H15ClIN5O. The quantitative estimate of drug-likeness (QED) is 0.476. The van der Waals surface area contributed by atoms with E-state index in [-0.39, 0.29) is 11.5 Å². The second-order valence-corrected chi connectivity index (χ2v) is 7.20. The predicted octanol–water partition coefficient (Wildman–Crippen LogP) is 4.01. The monoisotopic (exact) mass is 455 g/mol. The lowest BCUT2D eigenvalue weighted by Crippen LogP contribution is -2.08. The molecule has 2 aromatic heterocycles. The summed E-state index contributed by atoms with van der Waals surface area (Å²) in [6.45, 7) is 1.41. The van der Waals surface area contributed by atoms with Crippen LogP contribution in [0.2, 0.25) is 5.28 Å². The first-order chi connectivity index (χ1) is 11.7. The Kier molecular flexibility index (Phi) is 4.55. The molecule has 24 heavy (non-hydrogen) atoms. The molecule has 0 radical (unpaired) electrons. The van der Waals surface area contributed by atoms with Crippen LogP contribution in [0.5, 0.6) is 0 Å². The van der Waals surface area contributed by atoms with Crippen molar-refractivity contribution in [2.24, 2.45) is 0 Å². The smallest absolute Gasteiger partial charge is 0.226 e. The lowest BCUT2D eigenvalue weighted by Gasteiger charge is -2.12. The Morgan fingerprint density at radius 1 is 1.38 bits per heavy atom. The van der Waals surface area contributed by atoms with Gasteiger partial charge in [0.1, 0.15) is 6.23 Å². The Labute approximate surface area is 157 Å². The van der Waals surface area contributed by atoms with Gasteiger partial charge < -0.3 is 10.1 Å². The lowest BCUT2D eigenvalue weighted by molar-refractivity contribution is 0.0593. The predicted molar refractivity (Wildman–Crippen MR) is 101 cm³/mol. The normalized spacial score (nSPS) is 17.5. The number of rotatable bonds is 4. The van der Waals surface area contributed by atoms with Gasteiger partial charge in [0, 0.05) is 16.7 Å². The average molecular weight is 456 g/mol. The maximum absolute atomic E-state index is 6.12. The summed E-state index contributed by atoms with van der Waals surface area (Å²) in [5.41, 5.74) is 2.58. The molecule has 3 aromatic rings. The van der Waals surface area contributed by atoms with Crippen LogP contribution in [-0.2, 0) is 11.3 Å². The van der Waals surface area contributed by atoms with Crippen molar-refractivity contribution >= 4 is 51.2 Å². The van der Waals surface area contributed by atoms with E-state index in [1.807, 2.05) is 10.6 Å². The van der Waals surface area contributed by atoms with Crippen molar-refractivity contribution in [1.82, 2.24) is 19.5 Å². The van der Waals surface area contributed by atoms with Gasteiger partial charge >= 0.3 is 0 Å². The maximum Gasteiger partial charge on any atom is 0.226 e. The molecule has 0 amide bonds. The van der Waals surface area contributed by atoms with Gasteiger partial charge in [-0.1, -0.05) is 12.1 Å². The van der Waals surface area contributed by atoms with Crippen molar-refractivity contribution in [1.29, 1.82) is 0 Å². The van der Waals surface area contributed by atoms with E-state index < -0.39 is 0 Å². The zero-order valence-corrected chi connectivity index (χ0v) is 15.7. The number of halogens is 2. The van der Waals surface area contributed by atoms with E-state index in [0.717, 1.165) is 19.4 Å². The fourth-order valence-corrected chi connectivity index (χ4v) is 3.61. The number of nitrogens with zero attached hydrogens (tertiary/aromatic N) is 4. The fraction of sp³-hybridized carbons (Fsp3) is 0.312. The maximum atomic E-state index is 6.12. The molecular weight excluding hydrogens is 441 g/mol. The van der Waals surface area contributed by atoms with Gasteiger partial charge in [0.15, 0.2) is 17.0 Å². The van der Waals surface area contributed by atoms with E-state index in [1.165, 1.54) is 9.13 Å². The molecule has 0 bridgehead atoms. The number of fused-ring (bicyclic) bond motifs is 1. The number of hydrogen-bond donors (Lipinski definition) is 1. The molecule has 0 saturated carbocycles. The van der Waals surface area contributed by atoms with Crippen molar-refractivity contribution in [3.8, 4) is 0 Å². The van der Waals surface area contributed by atoms with Gasteiger partial charge in [0.05, 0.1) is 6.33 Å². The summed E-state index contributed by atoms with van der Waals surface area (Å²) in [7, 11) is 0. The molecule has 6 nitrogen and oxygen atoms in total. The van der Waals surface area contributed by atoms with Gasteiger partial charge in [-0.2, -0.15) is 9.97 Å². The molecule has 4 rings (SSSR count). The van der Waals surface area contributed by atoms with Gasteiger partial charge in [-0.3, -0.25) is 4.57 Å². The first-order valence-electron chi connectivity index (χ1n) is 7.71. The zero-order valence-electron chi connectivity index (χ0n) is 12.7. The van der Waals surface area contributed by atoms with Crippen LogP contribution in [0.25, 0.3) is 11.2 Å². The molecule has 1 fully saturated rings. The largest absolute Gasteiger partial charge is 0.364 e. The van der Waals surface area contributed by atoms with Gasteiger partial charge in [0.25, 0.3) is 0 Å². The summed E-state index contributed by atoms with van der Waals surface area (Å²) in [5.74, 6) is 0.639. The second kappa shape index (κ2) is 6.81. The molecule has 1 N–H and O–H groups in total.